The molecule has 0 aliphatic carbocycles. The summed E-state index contributed by atoms with van der Waals surface area (Å²) in [5.74, 6) is 0.570. The van der Waals surface area contributed by atoms with E-state index in [1.807, 2.05) is 20.8 Å². The Balaban J connectivity index is 1.76. The summed E-state index contributed by atoms with van der Waals surface area (Å²) in [5.41, 5.74) is 1.55. The van der Waals surface area contributed by atoms with Gasteiger partial charge in [-0.05, 0) is 32.9 Å². The molecule has 1 aliphatic heterocycles. The molecule has 0 saturated heterocycles. The highest BCUT2D eigenvalue weighted by atomic mass is 16.6. The summed E-state index contributed by atoms with van der Waals surface area (Å²) in [5, 5.41) is 9.96. The Kier molecular flexibility index (Phi) is 5.07. The Morgan fingerprint density at radius 2 is 2.00 bits per heavy atom. The number of para-hydroxylation sites is 1. The zero-order valence-electron chi connectivity index (χ0n) is 16.0. The Bertz CT molecular complexity index is 854. The minimum absolute atomic E-state index is 0.322. The third-order valence-electron chi connectivity index (χ3n) is 4.17. The lowest BCUT2D eigenvalue weighted by atomic mass is 10.1. The van der Waals surface area contributed by atoms with E-state index >= 15 is 0 Å². The Morgan fingerprint density at radius 3 is 2.70 bits per heavy atom. The van der Waals surface area contributed by atoms with E-state index in [2.05, 4.69) is 15.5 Å². The number of carbonyl (C=O) groups excluding carboxylic acids is 2. The van der Waals surface area contributed by atoms with Crippen LogP contribution in [0, 0.1) is 0 Å². The predicted octanol–water partition coefficient (Wildman–Crippen LogP) is 2.96. The van der Waals surface area contributed by atoms with E-state index in [4.69, 9.17) is 9.47 Å². The van der Waals surface area contributed by atoms with Gasteiger partial charge in [-0.2, -0.15) is 5.10 Å². The molecule has 2 amide bonds. The van der Waals surface area contributed by atoms with Crippen molar-refractivity contribution < 1.29 is 19.1 Å². The molecule has 1 aromatic heterocycles. The minimum Gasteiger partial charge on any atom is -0.496 e. The number of aromatic amines is 1. The van der Waals surface area contributed by atoms with E-state index < -0.39 is 5.60 Å². The number of amides is 2. The molecule has 8 nitrogen and oxygen atoms in total. The monoisotopic (exact) mass is 372 g/mol. The standard InChI is InChI=1S/C19H24N4O4/c1-19(2,3)27-18(25)23-10-9-14-13(11-23)16(22-21-14)20-17(24)12-7-5-6-8-15(12)26-4/h5-8H,9-11H2,1-4H3,(H2,20,21,22,24). The number of nitrogens with one attached hydrogen (secondary N) is 2. The first-order valence-corrected chi connectivity index (χ1v) is 8.77. The maximum Gasteiger partial charge on any atom is 0.410 e. The van der Waals surface area contributed by atoms with Crippen molar-refractivity contribution in [2.45, 2.75) is 39.3 Å². The molecule has 1 aromatic carbocycles. The molecular weight excluding hydrogens is 348 g/mol. The largest absolute Gasteiger partial charge is 0.496 e. The fourth-order valence-corrected chi connectivity index (χ4v) is 2.89. The first-order chi connectivity index (χ1) is 12.8. The lowest BCUT2D eigenvalue weighted by Gasteiger charge is -2.30. The van der Waals surface area contributed by atoms with E-state index in [0.29, 0.717) is 36.6 Å². The van der Waals surface area contributed by atoms with Crippen molar-refractivity contribution in [2.75, 3.05) is 19.0 Å². The van der Waals surface area contributed by atoms with Gasteiger partial charge in [0.2, 0.25) is 0 Å². The van der Waals surface area contributed by atoms with E-state index in [9.17, 15) is 9.59 Å². The van der Waals surface area contributed by atoms with Crippen LogP contribution in [0.5, 0.6) is 5.75 Å². The van der Waals surface area contributed by atoms with E-state index in [1.165, 1.54) is 7.11 Å². The lowest BCUT2D eigenvalue weighted by Crippen LogP contribution is -2.40. The number of rotatable bonds is 3. The number of nitrogens with zero attached hydrogens (tertiary/aromatic N) is 2. The van der Waals surface area contributed by atoms with Crippen molar-refractivity contribution in [2.24, 2.45) is 0 Å². The van der Waals surface area contributed by atoms with Gasteiger partial charge in [-0.25, -0.2) is 4.79 Å². The van der Waals surface area contributed by atoms with Gasteiger partial charge < -0.3 is 19.7 Å². The Hall–Kier alpha value is -3.03. The summed E-state index contributed by atoms with van der Waals surface area (Å²) in [7, 11) is 1.52. The van der Waals surface area contributed by atoms with Crippen LogP contribution < -0.4 is 10.1 Å². The van der Waals surface area contributed by atoms with Crippen LogP contribution in [-0.4, -0.2) is 46.4 Å². The van der Waals surface area contributed by atoms with Gasteiger partial charge in [0, 0.05) is 24.2 Å². The third kappa shape index (κ3) is 4.21. The highest BCUT2D eigenvalue weighted by Crippen LogP contribution is 2.26. The first-order valence-electron chi connectivity index (χ1n) is 8.77. The van der Waals surface area contributed by atoms with Crippen LogP contribution in [0.2, 0.25) is 0 Å². The molecule has 0 saturated carbocycles. The third-order valence-corrected chi connectivity index (χ3v) is 4.17. The summed E-state index contributed by atoms with van der Waals surface area (Å²) in [6.07, 6.45) is 0.239. The van der Waals surface area contributed by atoms with Crippen molar-refractivity contribution in [3.63, 3.8) is 0 Å². The molecule has 2 heterocycles. The van der Waals surface area contributed by atoms with Crippen LogP contribution in [0.3, 0.4) is 0 Å². The first kappa shape index (κ1) is 18.8. The molecule has 0 radical (unpaired) electrons. The van der Waals surface area contributed by atoms with Crippen molar-refractivity contribution in [1.29, 1.82) is 0 Å². The molecule has 2 aromatic rings. The second-order valence-corrected chi connectivity index (χ2v) is 7.34. The number of hydrogen-bond donors (Lipinski definition) is 2. The van der Waals surface area contributed by atoms with Crippen molar-refractivity contribution in [3.05, 3.63) is 41.1 Å². The molecular formula is C19H24N4O4. The zero-order chi connectivity index (χ0) is 19.6. The molecule has 144 valence electrons. The number of carbonyl (C=O) groups is 2. The van der Waals surface area contributed by atoms with Gasteiger partial charge in [-0.1, -0.05) is 12.1 Å². The maximum atomic E-state index is 12.6. The number of ether oxygens (including phenoxy) is 2. The van der Waals surface area contributed by atoms with Crippen LogP contribution in [0.4, 0.5) is 10.6 Å². The summed E-state index contributed by atoms with van der Waals surface area (Å²) in [6.45, 7) is 6.34. The summed E-state index contributed by atoms with van der Waals surface area (Å²) in [6, 6.07) is 6.96. The van der Waals surface area contributed by atoms with Crippen molar-refractivity contribution in [3.8, 4) is 5.75 Å². The quantitative estimate of drug-likeness (QED) is 0.863. The highest BCUT2D eigenvalue weighted by Gasteiger charge is 2.29. The molecule has 0 bridgehead atoms. The average Bonchev–Trinajstić information content (AvgIpc) is 3.02. The molecule has 8 heteroatoms. The van der Waals surface area contributed by atoms with Gasteiger partial charge >= 0.3 is 6.09 Å². The topological polar surface area (TPSA) is 96.5 Å². The van der Waals surface area contributed by atoms with E-state index in [-0.39, 0.29) is 12.0 Å². The molecule has 0 fully saturated rings. The maximum absolute atomic E-state index is 12.6. The van der Waals surface area contributed by atoms with Crippen LogP contribution >= 0.6 is 0 Å². The normalized spacial score (nSPS) is 13.7. The average molecular weight is 372 g/mol. The van der Waals surface area contributed by atoms with Crippen LogP contribution in [-0.2, 0) is 17.7 Å². The molecule has 27 heavy (non-hydrogen) atoms. The highest BCUT2D eigenvalue weighted by molar-refractivity contribution is 6.06. The summed E-state index contributed by atoms with van der Waals surface area (Å²) < 4.78 is 10.7. The van der Waals surface area contributed by atoms with Gasteiger partial charge in [-0.3, -0.25) is 9.89 Å². The molecule has 0 spiro atoms. The molecule has 1 aliphatic rings. The number of anilines is 1. The lowest BCUT2D eigenvalue weighted by molar-refractivity contribution is 0.0224. The fraction of sp³-hybridized carbons (Fsp3) is 0.421. The van der Waals surface area contributed by atoms with Gasteiger partial charge in [0.05, 0.1) is 19.2 Å². The number of aromatic nitrogens is 2. The van der Waals surface area contributed by atoms with E-state index in [1.54, 1.807) is 29.2 Å². The Labute approximate surface area is 157 Å². The summed E-state index contributed by atoms with van der Waals surface area (Å²) >= 11 is 0. The van der Waals surface area contributed by atoms with Crippen molar-refractivity contribution >= 4 is 17.8 Å². The molecule has 2 N–H and O–H groups in total. The number of methoxy groups -OCH3 is 1. The molecule has 0 atom stereocenters. The number of benzene rings is 1. The molecule has 3 rings (SSSR count). The second-order valence-electron chi connectivity index (χ2n) is 7.34. The predicted molar refractivity (Wildman–Crippen MR) is 99.9 cm³/mol. The number of H-pyrrole nitrogens is 1. The van der Waals surface area contributed by atoms with Crippen molar-refractivity contribution in [1.82, 2.24) is 15.1 Å². The Morgan fingerprint density at radius 1 is 1.26 bits per heavy atom. The minimum atomic E-state index is -0.561. The smallest absolute Gasteiger partial charge is 0.410 e. The summed E-state index contributed by atoms with van der Waals surface area (Å²) in [4.78, 5) is 26.6. The molecule has 0 unspecified atom stereocenters. The SMILES string of the molecule is COc1ccccc1C(=O)Nc1n[nH]c2c1CN(C(=O)OC(C)(C)C)CC2. The van der Waals surface area contributed by atoms with E-state index in [0.717, 1.165) is 11.3 Å². The zero-order valence-corrected chi connectivity index (χ0v) is 16.0. The van der Waals surface area contributed by atoms with Gasteiger partial charge in [0.25, 0.3) is 5.91 Å². The van der Waals surface area contributed by atoms with Gasteiger partial charge in [-0.15, -0.1) is 0 Å². The number of hydrogen-bond acceptors (Lipinski definition) is 5. The fourth-order valence-electron chi connectivity index (χ4n) is 2.89. The van der Waals surface area contributed by atoms with Gasteiger partial charge in [0.1, 0.15) is 11.4 Å². The van der Waals surface area contributed by atoms with Crippen LogP contribution in [0.1, 0.15) is 42.4 Å². The van der Waals surface area contributed by atoms with Crippen LogP contribution in [0.15, 0.2) is 24.3 Å². The second kappa shape index (κ2) is 7.30. The number of fused-ring (bicyclic) bond motifs is 1. The van der Waals surface area contributed by atoms with Gasteiger partial charge in [0.15, 0.2) is 5.82 Å². The van der Waals surface area contributed by atoms with Crippen LogP contribution in [0.25, 0.3) is 0 Å².